The first-order valence-corrected chi connectivity index (χ1v) is 5.95. The molecule has 112 valence electrons. The molecule has 0 saturated heterocycles. The number of hydrogen-bond donors (Lipinski definition) is 3. The van der Waals surface area contributed by atoms with E-state index in [1.807, 2.05) is 13.8 Å². The molecule has 1 aromatic rings. The molecule has 7 heteroatoms. The Morgan fingerprint density at radius 2 is 1.85 bits per heavy atom. The third-order valence-electron chi connectivity index (χ3n) is 2.57. The maximum Gasteiger partial charge on any atom is 0.241 e. The number of halogens is 2. The fourth-order valence-electron chi connectivity index (χ4n) is 1.42. The number of nitrogens with two attached hydrogens (primary N) is 1. The van der Waals surface area contributed by atoms with Gasteiger partial charge >= 0.3 is 0 Å². The quantitative estimate of drug-likeness (QED) is 0.796. The molecule has 20 heavy (non-hydrogen) atoms. The van der Waals surface area contributed by atoms with Crippen LogP contribution in [0.2, 0.25) is 0 Å². The second kappa shape index (κ2) is 7.81. The third kappa shape index (κ3) is 5.14. The molecule has 0 heterocycles. The van der Waals surface area contributed by atoms with Gasteiger partial charge in [0, 0.05) is 12.6 Å². The molecular weight excluding hydrogens is 285 g/mol. The molecule has 5 nitrogen and oxygen atoms in total. The van der Waals surface area contributed by atoms with E-state index in [1.54, 1.807) is 0 Å². The number of benzene rings is 1. The van der Waals surface area contributed by atoms with E-state index in [2.05, 4.69) is 10.6 Å². The highest BCUT2D eigenvalue weighted by atomic mass is 35.5. The minimum absolute atomic E-state index is 0. The summed E-state index contributed by atoms with van der Waals surface area (Å²) in [5.74, 6) is -1.31. The zero-order valence-electron chi connectivity index (χ0n) is 11.6. The zero-order valence-corrected chi connectivity index (χ0v) is 12.4. The van der Waals surface area contributed by atoms with Gasteiger partial charge in [-0.3, -0.25) is 9.59 Å². The summed E-state index contributed by atoms with van der Waals surface area (Å²) in [6.45, 7) is 4.94. The van der Waals surface area contributed by atoms with Crippen molar-refractivity contribution in [3.63, 3.8) is 0 Å². The number of carbonyl (C=O) groups excluding carboxylic acids is 2. The molecule has 0 fully saturated rings. The Morgan fingerprint density at radius 1 is 1.25 bits per heavy atom. The highest BCUT2D eigenvalue weighted by Crippen LogP contribution is 2.20. The van der Waals surface area contributed by atoms with E-state index >= 15 is 0 Å². The van der Waals surface area contributed by atoms with Crippen molar-refractivity contribution in [1.29, 1.82) is 0 Å². The summed E-state index contributed by atoms with van der Waals surface area (Å²) in [6.07, 6.45) is 0. The molecule has 2 amide bonds. The monoisotopic (exact) mass is 303 g/mol. The predicted molar refractivity (Wildman–Crippen MR) is 79.4 cm³/mol. The van der Waals surface area contributed by atoms with Crippen LogP contribution in [0.15, 0.2) is 18.2 Å². The first-order chi connectivity index (χ1) is 8.81. The van der Waals surface area contributed by atoms with Gasteiger partial charge in [-0.2, -0.15) is 0 Å². The van der Waals surface area contributed by atoms with Crippen molar-refractivity contribution < 1.29 is 14.0 Å². The average Bonchev–Trinajstić information content (AvgIpc) is 2.31. The van der Waals surface area contributed by atoms with Crippen LogP contribution in [0, 0.1) is 11.7 Å². The van der Waals surface area contributed by atoms with Crippen LogP contribution in [0.1, 0.15) is 20.8 Å². The van der Waals surface area contributed by atoms with E-state index in [1.165, 1.54) is 25.1 Å². The van der Waals surface area contributed by atoms with Crippen molar-refractivity contribution in [2.75, 3.05) is 10.6 Å². The summed E-state index contributed by atoms with van der Waals surface area (Å²) in [4.78, 5) is 22.7. The topological polar surface area (TPSA) is 84.2 Å². The Morgan fingerprint density at radius 3 is 2.35 bits per heavy atom. The van der Waals surface area contributed by atoms with Crippen molar-refractivity contribution in [2.24, 2.45) is 11.7 Å². The van der Waals surface area contributed by atoms with Gasteiger partial charge in [-0.15, -0.1) is 12.4 Å². The van der Waals surface area contributed by atoms with Gasteiger partial charge < -0.3 is 16.4 Å². The van der Waals surface area contributed by atoms with Crippen LogP contribution < -0.4 is 16.4 Å². The van der Waals surface area contributed by atoms with Crippen LogP contribution in [-0.2, 0) is 9.59 Å². The van der Waals surface area contributed by atoms with Gasteiger partial charge in [0.15, 0.2) is 0 Å². The van der Waals surface area contributed by atoms with E-state index in [4.69, 9.17) is 5.73 Å². The van der Waals surface area contributed by atoms with Crippen molar-refractivity contribution >= 4 is 35.6 Å². The summed E-state index contributed by atoms with van der Waals surface area (Å²) < 4.78 is 13.4. The van der Waals surface area contributed by atoms with Gasteiger partial charge in [-0.1, -0.05) is 13.8 Å². The minimum Gasteiger partial charge on any atom is -0.325 e. The summed E-state index contributed by atoms with van der Waals surface area (Å²) in [5, 5.41) is 4.92. The minimum atomic E-state index is -0.644. The van der Waals surface area contributed by atoms with E-state index in [9.17, 15) is 14.0 Å². The Hall–Kier alpha value is -1.66. The first-order valence-electron chi connectivity index (χ1n) is 5.95. The molecule has 0 spiro atoms. The number of hydrogen-bond acceptors (Lipinski definition) is 3. The smallest absolute Gasteiger partial charge is 0.241 e. The average molecular weight is 304 g/mol. The van der Waals surface area contributed by atoms with Crippen LogP contribution in [0.4, 0.5) is 15.8 Å². The van der Waals surface area contributed by atoms with Gasteiger partial charge in [0.2, 0.25) is 11.8 Å². The van der Waals surface area contributed by atoms with Crippen LogP contribution in [0.5, 0.6) is 0 Å². The van der Waals surface area contributed by atoms with Crippen LogP contribution >= 0.6 is 12.4 Å². The lowest BCUT2D eigenvalue weighted by Crippen LogP contribution is -2.39. The number of rotatable bonds is 4. The van der Waals surface area contributed by atoms with Gasteiger partial charge in [-0.05, 0) is 24.1 Å². The Bertz CT molecular complexity index is 495. The first kappa shape index (κ1) is 18.3. The van der Waals surface area contributed by atoms with E-state index in [0.29, 0.717) is 5.69 Å². The Balaban J connectivity index is 0.00000361. The normalized spacial score (nSPS) is 11.5. The maximum absolute atomic E-state index is 13.4. The lowest BCUT2D eigenvalue weighted by Gasteiger charge is -2.16. The van der Waals surface area contributed by atoms with Crippen molar-refractivity contribution in [3.8, 4) is 0 Å². The van der Waals surface area contributed by atoms with Crippen LogP contribution in [0.3, 0.4) is 0 Å². The van der Waals surface area contributed by atoms with Gasteiger partial charge in [0.25, 0.3) is 0 Å². The summed E-state index contributed by atoms with van der Waals surface area (Å²) in [6, 6.07) is 3.28. The fourth-order valence-corrected chi connectivity index (χ4v) is 1.42. The SMILES string of the molecule is CC(=O)Nc1cc(NC(=O)[C@H](N)C(C)C)ccc1F.Cl. The molecule has 1 rings (SSSR count). The number of carbonyl (C=O) groups is 2. The predicted octanol–water partition coefficient (Wildman–Crippen LogP) is 2.13. The highest BCUT2D eigenvalue weighted by Gasteiger charge is 2.17. The Labute approximate surface area is 123 Å². The van der Waals surface area contributed by atoms with E-state index < -0.39 is 11.9 Å². The summed E-state index contributed by atoms with van der Waals surface area (Å²) in [7, 11) is 0. The second-order valence-corrected chi connectivity index (χ2v) is 4.63. The summed E-state index contributed by atoms with van der Waals surface area (Å²) in [5.41, 5.74) is 6.10. The molecule has 0 bridgehead atoms. The molecule has 1 aromatic carbocycles. The maximum atomic E-state index is 13.4. The molecule has 0 aromatic heterocycles. The van der Waals surface area contributed by atoms with Crippen molar-refractivity contribution in [2.45, 2.75) is 26.8 Å². The number of amides is 2. The standard InChI is InChI=1S/C13H18FN3O2.ClH/c1-7(2)12(15)13(19)17-9-4-5-10(14)11(6-9)16-8(3)18;/h4-7,12H,15H2,1-3H3,(H,16,18)(H,17,19);1H/t12-;/m1./s1. The fraction of sp³-hybridized carbons (Fsp3) is 0.385. The molecule has 4 N–H and O–H groups in total. The molecule has 0 unspecified atom stereocenters. The molecule has 1 atom stereocenters. The molecule has 0 saturated carbocycles. The summed E-state index contributed by atoms with van der Waals surface area (Å²) >= 11 is 0. The van der Waals surface area contributed by atoms with E-state index in [0.717, 1.165) is 0 Å². The molecular formula is C13H19ClFN3O2. The molecule has 0 radical (unpaired) electrons. The zero-order chi connectivity index (χ0) is 14.6. The molecule has 0 aliphatic heterocycles. The largest absolute Gasteiger partial charge is 0.325 e. The molecule has 0 aliphatic carbocycles. The molecule has 0 aliphatic rings. The van der Waals surface area contributed by atoms with Gasteiger partial charge in [0.1, 0.15) is 5.82 Å². The number of nitrogens with one attached hydrogen (secondary N) is 2. The van der Waals surface area contributed by atoms with Gasteiger partial charge in [-0.25, -0.2) is 4.39 Å². The van der Waals surface area contributed by atoms with E-state index in [-0.39, 0.29) is 35.8 Å². The van der Waals surface area contributed by atoms with Crippen LogP contribution in [-0.4, -0.2) is 17.9 Å². The lowest BCUT2D eigenvalue weighted by atomic mass is 10.0. The third-order valence-corrected chi connectivity index (χ3v) is 2.57. The lowest BCUT2D eigenvalue weighted by molar-refractivity contribution is -0.118. The van der Waals surface area contributed by atoms with Crippen molar-refractivity contribution in [3.05, 3.63) is 24.0 Å². The Kier molecular flexibility index (Phi) is 7.17. The van der Waals surface area contributed by atoms with Crippen molar-refractivity contribution in [1.82, 2.24) is 0 Å². The highest BCUT2D eigenvalue weighted by molar-refractivity contribution is 5.96. The van der Waals surface area contributed by atoms with Gasteiger partial charge in [0.05, 0.1) is 11.7 Å². The second-order valence-electron chi connectivity index (χ2n) is 4.63. The van der Waals surface area contributed by atoms with Crippen LogP contribution in [0.25, 0.3) is 0 Å². The number of anilines is 2.